The molecule has 0 spiro atoms. The third-order valence-electron chi connectivity index (χ3n) is 6.46. The second-order valence-electron chi connectivity index (χ2n) is 9.77. The number of aryl methyl sites for hydroxylation is 2. The monoisotopic (exact) mass is 484 g/mol. The molecule has 8 nitrogen and oxygen atoms in total. The highest BCUT2D eigenvalue weighted by molar-refractivity contribution is 7.91. The van der Waals surface area contributed by atoms with Crippen molar-refractivity contribution in [3.05, 3.63) is 65.0 Å². The summed E-state index contributed by atoms with van der Waals surface area (Å²) in [6, 6.07) is 13.0. The molecule has 2 aromatic carbocycles. The van der Waals surface area contributed by atoms with Crippen molar-refractivity contribution in [2.45, 2.75) is 63.4 Å². The van der Waals surface area contributed by atoms with Gasteiger partial charge in [0.05, 0.1) is 23.4 Å². The largest absolute Gasteiger partial charge is 0.494 e. The average molecular weight is 485 g/mol. The van der Waals surface area contributed by atoms with Crippen LogP contribution in [0.15, 0.2) is 47.4 Å². The lowest BCUT2D eigenvalue weighted by molar-refractivity contribution is 0.0521. The van der Waals surface area contributed by atoms with Gasteiger partial charge in [-0.15, -0.1) is 10.2 Å². The Kier molecular flexibility index (Phi) is 7.04. The van der Waals surface area contributed by atoms with Crippen LogP contribution in [0.1, 0.15) is 61.5 Å². The lowest BCUT2D eigenvalue weighted by Crippen LogP contribution is -2.38. The molecular weight excluding hydrogens is 452 g/mol. The summed E-state index contributed by atoms with van der Waals surface area (Å²) in [5, 5.41) is 25.2. The Labute approximate surface area is 200 Å². The third kappa shape index (κ3) is 5.31. The predicted molar refractivity (Wildman–Crippen MR) is 129 cm³/mol. The number of hydrogen-bond acceptors (Lipinski definition) is 7. The van der Waals surface area contributed by atoms with E-state index in [-0.39, 0.29) is 5.75 Å². The first-order valence-corrected chi connectivity index (χ1v) is 13.3. The summed E-state index contributed by atoms with van der Waals surface area (Å²) in [6.45, 7) is 6.17. The van der Waals surface area contributed by atoms with Crippen LogP contribution in [-0.4, -0.2) is 52.6 Å². The summed E-state index contributed by atoms with van der Waals surface area (Å²) in [5.74, 6) is 0.939. The number of H-pyrrole nitrogens is 1. The Bertz CT molecular complexity index is 1210. The Hall–Kier alpha value is -2.78. The molecule has 9 heteroatoms. The molecule has 1 aliphatic heterocycles. The Morgan fingerprint density at radius 1 is 1.12 bits per heavy atom. The van der Waals surface area contributed by atoms with Crippen LogP contribution in [0.25, 0.3) is 0 Å². The zero-order chi connectivity index (χ0) is 24.3. The first-order valence-electron chi connectivity index (χ1n) is 11.6. The van der Waals surface area contributed by atoms with Gasteiger partial charge in [-0.2, -0.15) is 5.21 Å². The number of hydrogen-bond donors (Lipinski definition) is 2. The Balaban J connectivity index is 1.46. The van der Waals surface area contributed by atoms with Gasteiger partial charge in [0.15, 0.2) is 15.7 Å². The first kappa shape index (κ1) is 24.3. The number of rotatable bonds is 8. The van der Waals surface area contributed by atoms with Gasteiger partial charge < -0.3 is 9.84 Å². The number of aliphatic hydroxyl groups is 1. The number of aliphatic hydroxyl groups excluding tert-OH is 1. The second-order valence-corrected chi connectivity index (χ2v) is 11.7. The van der Waals surface area contributed by atoms with Crippen molar-refractivity contribution < 1.29 is 18.3 Å². The molecule has 0 fully saturated rings. The molecule has 0 radical (unpaired) electrons. The summed E-state index contributed by atoms with van der Waals surface area (Å²) in [6.07, 6.45) is 2.83. The van der Waals surface area contributed by atoms with Crippen LogP contribution in [-0.2, 0) is 16.3 Å². The number of sulfone groups is 1. The van der Waals surface area contributed by atoms with E-state index < -0.39 is 27.3 Å². The number of nitrogens with one attached hydrogen (secondary N) is 1. The van der Waals surface area contributed by atoms with Gasteiger partial charge in [0.25, 0.3) is 0 Å². The highest BCUT2D eigenvalue weighted by Gasteiger charge is 2.44. The zero-order valence-electron chi connectivity index (χ0n) is 19.9. The topological polar surface area (TPSA) is 118 Å². The van der Waals surface area contributed by atoms with Gasteiger partial charge in [-0.05, 0) is 55.5 Å². The van der Waals surface area contributed by atoms with E-state index in [0.717, 1.165) is 48.4 Å². The van der Waals surface area contributed by atoms with Crippen molar-refractivity contribution in [1.29, 1.82) is 0 Å². The van der Waals surface area contributed by atoms with Crippen LogP contribution in [0, 0.1) is 12.3 Å². The van der Waals surface area contributed by atoms with E-state index in [9.17, 15) is 13.5 Å². The summed E-state index contributed by atoms with van der Waals surface area (Å²) < 4.78 is 32.1. The number of ether oxygens (including phenoxy) is 1. The van der Waals surface area contributed by atoms with Crippen LogP contribution in [0.3, 0.4) is 0 Å². The minimum atomic E-state index is -3.52. The van der Waals surface area contributed by atoms with Gasteiger partial charge in [0.1, 0.15) is 5.75 Å². The number of unbranched alkanes of at least 4 members (excludes halogenated alkanes) is 2. The van der Waals surface area contributed by atoms with Crippen LogP contribution in [0.5, 0.6) is 5.75 Å². The van der Waals surface area contributed by atoms with Crippen molar-refractivity contribution in [3.8, 4) is 5.75 Å². The molecule has 34 heavy (non-hydrogen) atoms. The Morgan fingerprint density at radius 2 is 1.88 bits per heavy atom. The third-order valence-corrected chi connectivity index (χ3v) is 8.62. The van der Waals surface area contributed by atoms with Crippen molar-refractivity contribution in [2.75, 3.05) is 12.4 Å². The highest BCUT2D eigenvalue weighted by Crippen LogP contribution is 2.44. The number of fused-ring (bicyclic) bond motifs is 1. The summed E-state index contributed by atoms with van der Waals surface area (Å²) in [7, 11) is -3.52. The molecule has 1 aliphatic rings. The molecule has 0 aliphatic carbocycles. The quantitative estimate of drug-likeness (QED) is 0.469. The van der Waals surface area contributed by atoms with Gasteiger partial charge in [-0.1, -0.05) is 48.9 Å². The van der Waals surface area contributed by atoms with E-state index in [1.807, 2.05) is 57.2 Å². The lowest BCUT2D eigenvalue weighted by atomic mass is 9.75. The van der Waals surface area contributed by atoms with E-state index in [0.29, 0.717) is 17.1 Å². The fraction of sp³-hybridized carbons (Fsp3) is 0.480. The minimum Gasteiger partial charge on any atom is -0.494 e. The molecule has 2 N–H and O–H groups in total. The van der Waals surface area contributed by atoms with Crippen molar-refractivity contribution in [2.24, 2.45) is 5.41 Å². The Morgan fingerprint density at radius 3 is 2.59 bits per heavy atom. The van der Waals surface area contributed by atoms with E-state index in [4.69, 9.17) is 4.74 Å². The molecule has 4 rings (SSSR count). The number of aromatic nitrogens is 4. The molecule has 3 aromatic rings. The molecule has 0 bridgehead atoms. The maximum Gasteiger partial charge on any atom is 0.179 e. The van der Waals surface area contributed by atoms with Gasteiger partial charge in [0.2, 0.25) is 0 Å². The molecular formula is C25H32N4O4S. The molecule has 0 saturated carbocycles. The van der Waals surface area contributed by atoms with Crippen LogP contribution >= 0.6 is 0 Å². The molecule has 0 amide bonds. The minimum absolute atomic E-state index is 0.0956. The lowest BCUT2D eigenvalue weighted by Gasteiger charge is -2.33. The van der Waals surface area contributed by atoms with Gasteiger partial charge in [-0.3, -0.25) is 0 Å². The molecule has 0 saturated heterocycles. The average Bonchev–Trinajstić information content (AvgIpc) is 3.28. The summed E-state index contributed by atoms with van der Waals surface area (Å²) in [4.78, 5) is 0.314. The van der Waals surface area contributed by atoms with Crippen molar-refractivity contribution in [1.82, 2.24) is 20.6 Å². The summed E-state index contributed by atoms with van der Waals surface area (Å²) in [5.41, 5.74) is 1.70. The standard InChI is InChI=1S/C25H32N4O4S/c1-17-8-13-21-20(15-17)23(24(30)25(2,3)16-34(21,31)32)18-9-11-19(12-10-18)33-14-6-4-5-7-22-26-28-29-27-22/h8-13,15,23-24,30H,4-7,14,16H2,1-3H3,(H,26,27,28,29)/t23-,24-/m1/s1. The number of aromatic amines is 1. The zero-order valence-corrected chi connectivity index (χ0v) is 20.7. The highest BCUT2D eigenvalue weighted by atomic mass is 32.2. The van der Waals surface area contributed by atoms with Gasteiger partial charge in [-0.25, -0.2) is 8.42 Å². The predicted octanol–water partition coefficient (Wildman–Crippen LogP) is 3.61. The number of benzene rings is 2. The van der Waals surface area contributed by atoms with Crippen LogP contribution in [0.2, 0.25) is 0 Å². The number of nitrogens with zero attached hydrogens (tertiary/aromatic N) is 3. The molecule has 0 unspecified atom stereocenters. The van der Waals surface area contributed by atoms with E-state index in [1.165, 1.54) is 0 Å². The van der Waals surface area contributed by atoms with Gasteiger partial charge in [0, 0.05) is 17.8 Å². The summed E-state index contributed by atoms with van der Waals surface area (Å²) >= 11 is 0. The molecule has 182 valence electrons. The van der Waals surface area contributed by atoms with E-state index >= 15 is 0 Å². The normalized spacial score (nSPS) is 20.9. The smallest absolute Gasteiger partial charge is 0.179 e. The molecule has 2 atom stereocenters. The fourth-order valence-corrected chi connectivity index (χ4v) is 6.77. The number of tetrazole rings is 1. The van der Waals surface area contributed by atoms with Crippen molar-refractivity contribution >= 4 is 9.84 Å². The maximum atomic E-state index is 13.1. The van der Waals surface area contributed by atoms with Crippen molar-refractivity contribution in [3.63, 3.8) is 0 Å². The SMILES string of the molecule is Cc1ccc2c(c1)[C@@H](c1ccc(OCCCCCc3nn[nH]n3)cc1)[C@@H](O)C(C)(C)CS2(=O)=O. The van der Waals surface area contributed by atoms with Crippen LogP contribution in [0.4, 0.5) is 0 Å². The van der Waals surface area contributed by atoms with E-state index in [2.05, 4.69) is 20.6 Å². The van der Waals surface area contributed by atoms with E-state index in [1.54, 1.807) is 6.07 Å². The fourth-order valence-electron chi connectivity index (χ4n) is 4.64. The maximum absolute atomic E-state index is 13.1. The second kappa shape index (κ2) is 9.84. The molecule has 1 aromatic heterocycles. The molecule has 2 heterocycles. The first-order chi connectivity index (χ1) is 16.2. The van der Waals surface area contributed by atoms with Gasteiger partial charge >= 0.3 is 0 Å². The van der Waals surface area contributed by atoms with Crippen LogP contribution < -0.4 is 4.74 Å².